The highest BCUT2D eigenvalue weighted by Crippen LogP contribution is 2.36. The van der Waals surface area contributed by atoms with E-state index in [4.69, 9.17) is 17.3 Å². The number of hydrogen-bond acceptors (Lipinski definition) is 6. The first-order chi connectivity index (χ1) is 12.7. The van der Waals surface area contributed by atoms with Gasteiger partial charge in [-0.1, -0.05) is 36.1 Å². The fourth-order valence-electron chi connectivity index (χ4n) is 2.81. The number of carboxylic acids is 1. The quantitative estimate of drug-likeness (QED) is 0.460. The van der Waals surface area contributed by atoms with Crippen LogP contribution in [0.25, 0.3) is 6.08 Å². The number of nitrogens with zero attached hydrogens (tertiary/aromatic N) is 2. The summed E-state index contributed by atoms with van der Waals surface area (Å²) in [5.74, 6) is -3.72. The van der Waals surface area contributed by atoms with E-state index in [2.05, 4.69) is 0 Å². The van der Waals surface area contributed by atoms with Gasteiger partial charge in [-0.15, -0.1) is 0 Å². The molecule has 2 saturated heterocycles. The van der Waals surface area contributed by atoms with Gasteiger partial charge in [0.15, 0.2) is 0 Å². The van der Waals surface area contributed by atoms with Crippen molar-refractivity contribution in [1.82, 2.24) is 9.80 Å². The van der Waals surface area contributed by atoms with Crippen LogP contribution in [0.5, 0.6) is 0 Å². The van der Waals surface area contributed by atoms with Gasteiger partial charge < -0.3 is 5.11 Å². The van der Waals surface area contributed by atoms with Crippen LogP contribution in [0.2, 0.25) is 0 Å². The average Bonchev–Trinajstić information content (AvgIpc) is 3.04. The van der Waals surface area contributed by atoms with Crippen LogP contribution in [-0.2, 0) is 19.2 Å². The van der Waals surface area contributed by atoms with Crippen LogP contribution >= 0.6 is 24.0 Å². The number of thiocarbonyl (C=S) groups is 1. The van der Waals surface area contributed by atoms with Gasteiger partial charge in [0.1, 0.15) is 22.2 Å². The van der Waals surface area contributed by atoms with Crippen molar-refractivity contribution in [2.75, 3.05) is 0 Å². The van der Waals surface area contributed by atoms with Gasteiger partial charge in [0.25, 0.3) is 11.8 Å². The monoisotopic (exact) mass is 408 g/mol. The molecule has 2 aliphatic rings. The highest BCUT2D eigenvalue weighted by atomic mass is 32.2. The molecular weight excluding hydrogens is 395 g/mol. The van der Waals surface area contributed by atoms with Crippen molar-refractivity contribution in [3.8, 4) is 0 Å². The Morgan fingerprint density at radius 2 is 1.96 bits per heavy atom. The van der Waals surface area contributed by atoms with E-state index in [0.29, 0.717) is 10.5 Å². The van der Waals surface area contributed by atoms with E-state index in [0.717, 1.165) is 16.7 Å². The smallest absolute Gasteiger partial charge is 0.326 e. The normalized spacial score (nSPS) is 22.9. The zero-order valence-corrected chi connectivity index (χ0v) is 15.6. The number of carboxylic acid groups (broad SMARTS) is 1. The second kappa shape index (κ2) is 7.20. The Hall–Kier alpha value is -2.59. The van der Waals surface area contributed by atoms with Crippen molar-refractivity contribution in [3.05, 3.63) is 40.6 Å². The first-order valence-corrected chi connectivity index (χ1v) is 9.04. The van der Waals surface area contributed by atoms with Gasteiger partial charge in [-0.25, -0.2) is 9.18 Å². The van der Waals surface area contributed by atoms with Gasteiger partial charge in [0.05, 0.1) is 11.3 Å². The summed E-state index contributed by atoms with van der Waals surface area (Å²) in [6.07, 6.45) is 1.18. The third-order valence-electron chi connectivity index (χ3n) is 4.21. The number of likely N-dealkylation sites (tertiary alicyclic amines) is 1. The van der Waals surface area contributed by atoms with E-state index in [-0.39, 0.29) is 15.6 Å². The summed E-state index contributed by atoms with van der Waals surface area (Å²) in [6.45, 7) is 1.22. The molecular formula is C17H13FN2O5S2. The molecule has 0 aliphatic carbocycles. The van der Waals surface area contributed by atoms with E-state index in [1.165, 1.54) is 37.3 Å². The molecule has 2 aliphatic heterocycles. The molecule has 3 amide bonds. The summed E-state index contributed by atoms with van der Waals surface area (Å²) in [6, 6.07) is 2.98. The van der Waals surface area contributed by atoms with Gasteiger partial charge in [-0.2, -0.15) is 0 Å². The van der Waals surface area contributed by atoms with Crippen LogP contribution in [0.15, 0.2) is 29.2 Å². The highest BCUT2D eigenvalue weighted by Gasteiger charge is 2.50. The van der Waals surface area contributed by atoms with Crippen molar-refractivity contribution < 1.29 is 28.7 Å². The van der Waals surface area contributed by atoms with Crippen LogP contribution in [0.3, 0.4) is 0 Å². The second-order valence-corrected chi connectivity index (χ2v) is 7.62. The maximum atomic E-state index is 13.0. The number of hydrogen-bond donors (Lipinski definition) is 1. The largest absolute Gasteiger partial charge is 0.480 e. The van der Waals surface area contributed by atoms with Crippen LogP contribution in [-0.4, -0.2) is 55.0 Å². The minimum absolute atomic E-state index is 0.101. The summed E-state index contributed by atoms with van der Waals surface area (Å²) in [4.78, 5) is 50.4. The summed E-state index contributed by atoms with van der Waals surface area (Å²) in [5.41, 5.74) is 0.576. The third-order valence-corrected chi connectivity index (χ3v) is 5.54. The first-order valence-electron chi connectivity index (χ1n) is 7.82. The van der Waals surface area contributed by atoms with Crippen molar-refractivity contribution in [2.24, 2.45) is 0 Å². The van der Waals surface area contributed by atoms with Crippen LogP contribution in [0, 0.1) is 5.82 Å². The van der Waals surface area contributed by atoms with E-state index < -0.39 is 41.6 Å². The molecule has 10 heteroatoms. The molecule has 1 N–H and O–H groups in total. The van der Waals surface area contributed by atoms with Crippen LogP contribution in [0.1, 0.15) is 18.9 Å². The Morgan fingerprint density at radius 3 is 2.56 bits per heavy atom. The van der Waals surface area contributed by atoms with Crippen LogP contribution < -0.4 is 0 Å². The standard InChI is InChI=1S/C17H13FN2O5S2/c1-8(16(24)25)19-13(21)7-11(14(19)22)20-15(23)12(27-17(20)26)6-9-2-4-10(18)5-3-9/h2-6,8,11H,7H2,1H3,(H,24,25)/b12-6-. The molecule has 2 unspecified atom stereocenters. The molecule has 7 nitrogen and oxygen atoms in total. The fraction of sp³-hybridized carbons (Fsp3) is 0.235. The number of aliphatic carboxylic acids is 1. The first kappa shape index (κ1) is 19.2. The summed E-state index contributed by atoms with van der Waals surface area (Å²) < 4.78 is 13.1. The van der Waals surface area contributed by atoms with Crippen molar-refractivity contribution in [3.63, 3.8) is 0 Å². The summed E-state index contributed by atoms with van der Waals surface area (Å²) >= 11 is 6.15. The minimum Gasteiger partial charge on any atom is -0.480 e. The number of rotatable bonds is 4. The zero-order valence-electron chi connectivity index (χ0n) is 13.9. The molecule has 1 aromatic carbocycles. The maximum Gasteiger partial charge on any atom is 0.326 e. The highest BCUT2D eigenvalue weighted by molar-refractivity contribution is 8.26. The molecule has 1 aromatic rings. The Bertz CT molecular complexity index is 899. The Balaban J connectivity index is 1.85. The molecule has 2 heterocycles. The Morgan fingerprint density at radius 1 is 1.33 bits per heavy atom. The average molecular weight is 408 g/mol. The molecule has 0 saturated carbocycles. The predicted molar refractivity (Wildman–Crippen MR) is 98.8 cm³/mol. The van der Waals surface area contributed by atoms with Crippen molar-refractivity contribution in [2.45, 2.75) is 25.4 Å². The van der Waals surface area contributed by atoms with Crippen molar-refractivity contribution in [1.29, 1.82) is 0 Å². The minimum atomic E-state index is -1.33. The lowest BCUT2D eigenvalue weighted by Gasteiger charge is -2.23. The molecule has 0 bridgehead atoms. The lowest BCUT2D eigenvalue weighted by molar-refractivity contribution is -0.154. The van der Waals surface area contributed by atoms with E-state index >= 15 is 0 Å². The number of carbonyl (C=O) groups excluding carboxylic acids is 3. The number of halogens is 1. The zero-order chi connectivity index (χ0) is 19.9. The molecule has 0 radical (unpaired) electrons. The number of carbonyl (C=O) groups is 4. The van der Waals surface area contributed by atoms with E-state index in [1.807, 2.05) is 0 Å². The fourth-order valence-corrected chi connectivity index (χ4v) is 4.17. The maximum absolute atomic E-state index is 13.0. The topological polar surface area (TPSA) is 95.0 Å². The molecule has 27 heavy (non-hydrogen) atoms. The molecule has 3 rings (SSSR count). The predicted octanol–water partition coefficient (Wildman–Crippen LogP) is 1.63. The van der Waals surface area contributed by atoms with Gasteiger partial charge in [-0.3, -0.25) is 24.2 Å². The molecule has 0 spiro atoms. The van der Waals surface area contributed by atoms with Gasteiger partial charge in [0, 0.05) is 0 Å². The lowest BCUT2D eigenvalue weighted by atomic mass is 10.2. The molecule has 140 valence electrons. The Kier molecular flexibility index (Phi) is 5.11. The Labute approximate surface area is 162 Å². The lowest BCUT2D eigenvalue weighted by Crippen LogP contribution is -2.48. The van der Waals surface area contributed by atoms with Gasteiger partial charge >= 0.3 is 5.97 Å². The number of imide groups is 1. The van der Waals surface area contributed by atoms with Crippen molar-refractivity contribution >= 4 is 58.1 Å². The number of benzene rings is 1. The number of thioether (sulfide) groups is 1. The summed E-state index contributed by atoms with van der Waals surface area (Å²) in [7, 11) is 0. The third kappa shape index (κ3) is 3.50. The molecule has 2 fully saturated rings. The second-order valence-electron chi connectivity index (χ2n) is 5.94. The molecule has 2 atom stereocenters. The van der Waals surface area contributed by atoms with Gasteiger partial charge in [0.2, 0.25) is 5.91 Å². The number of amides is 3. The molecule has 0 aromatic heterocycles. The van der Waals surface area contributed by atoms with E-state index in [1.54, 1.807) is 0 Å². The van der Waals surface area contributed by atoms with E-state index in [9.17, 15) is 23.6 Å². The SMILES string of the molecule is CC(C(=O)O)N1C(=O)CC(N2C(=O)/C(=C/c3ccc(F)cc3)SC2=S)C1=O. The van der Waals surface area contributed by atoms with Gasteiger partial charge in [-0.05, 0) is 30.7 Å². The van der Waals surface area contributed by atoms with Crippen LogP contribution in [0.4, 0.5) is 4.39 Å². The summed E-state index contributed by atoms with van der Waals surface area (Å²) in [5, 5.41) is 9.07.